The molecule has 0 radical (unpaired) electrons. The zero-order chi connectivity index (χ0) is 12.1. The molecular weight excluding hydrogens is 251 g/mol. The largest absolute Gasteiger partial charge is 0.324 e. The van der Waals surface area contributed by atoms with E-state index in [4.69, 9.17) is 5.73 Å². The maximum atomic E-state index is 13.2. The van der Waals surface area contributed by atoms with Gasteiger partial charge < -0.3 is 5.73 Å². The molecule has 1 aromatic carbocycles. The van der Waals surface area contributed by atoms with E-state index in [1.165, 1.54) is 6.07 Å². The molecule has 0 bridgehead atoms. The number of hydrogen-bond acceptors (Lipinski definition) is 1. The van der Waals surface area contributed by atoms with Crippen molar-refractivity contribution >= 4 is 12.4 Å². The maximum absolute atomic E-state index is 13.2. The van der Waals surface area contributed by atoms with Gasteiger partial charge in [0.05, 0.1) is 5.56 Å². The Morgan fingerprint density at radius 2 is 1.94 bits per heavy atom. The lowest BCUT2D eigenvalue weighted by atomic mass is 10.0. The van der Waals surface area contributed by atoms with Crippen LogP contribution in [-0.2, 0) is 0 Å². The molecule has 5 heteroatoms. The summed E-state index contributed by atoms with van der Waals surface area (Å²) in [5, 5.41) is 0. The van der Waals surface area contributed by atoms with Gasteiger partial charge in [-0.2, -0.15) is 0 Å². The maximum Gasteiger partial charge on any atom is 0.266 e. The molecule has 0 aromatic heterocycles. The van der Waals surface area contributed by atoms with Gasteiger partial charge in [0.25, 0.3) is 6.43 Å². The highest BCUT2D eigenvalue weighted by atomic mass is 35.5. The zero-order valence-corrected chi connectivity index (χ0v) is 10.4. The number of benzene rings is 1. The number of rotatable bonds is 5. The minimum atomic E-state index is -2.78. The summed E-state index contributed by atoms with van der Waals surface area (Å²) in [4.78, 5) is 0. The quantitative estimate of drug-likeness (QED) is 0.842. The number of alkyl halides is 2. The molecule has 1 rings (SSSR count). The van der Waals surface area contributed by atoms with Crippen molar-refractivity contribution in [2.24, 2.45) is 5.73 Å². The number of unbranched alkanes of at least 4 members (excludes halogenated alkanes) is 1. The molecule has 0 unspecified atom stereocenters. The van der Waals surface area contributed by atoms with Gasteiger partial charge in [0.2, 0.25) is 0 Å². The Morgan fingerprint density at radius 3 is 2.41 bits per heavy atom. The minimum Gasteiger partial charge on any atom is -0.324 e. The normalized spacial score (nSPS) is 12.4. The Hall–Kier alpha value is -0.740. The van der Waals surface area contributed by atoms with Crippen molar-refractivity contribution in [1.82, 2.24) is 0 Å². The van der Waals surface area contributed by atoms with Crippen LogP contribution in [0.25, 0.3) is 0 Å². The van der Waals surface area contributed by atoms with Gasteiger partial charge in [0.15, 0.2) is 0 Å². The Bertz CT molecular complexity index is 345. The molecule has 0 saturated heterocycles. The van der Waals surface area contributed by atoms with Crippen molar-refractivity contribution in [3.05, 3.63) is 35.1 Å². The average molecular weight is 268 g/mol. The van der Waals surface area contributed by atoms with Crippen molar-refractivity contribution in [2.45, 2.75) is 38.7 Å². The van der Waals surface area contributed by atoms with E-state index in [1.54, 1.807) is 0 Å². The Balaban J connectivity index is 0.00000256. The van der Waals surface area contributed by atoms with Gasteiger partial charge in [-0.05, 0) is 18.1 Å². The fraction of sp³-hybridized carbons (Fsp3) is 0.500. The van der Waals surface area contributed by atoms with Crippen LogP contribution in [0, 0.1) is 5.82 Å². The fourth-order valence-electron chi connectivity index (χ4n) is 1.54. The first-order valence-corrected chi connectivity index (χ1v) is 5.39. The first kappa shape index (κ1) is 16.3. The van der Waals surface area contributed by atoms with Gasteiger partial charge in [0, 0.05) is 6.04 Å². The van der Waals surface area contributed by atoms with Crippen molar-refractivity contribution < 1.29 is 13.2 Å². The van der Waals surface area contributed by atoms with Crippen LogP contribution >= 0.6 is 12.4 Å². The van der Waals surface area contributed by atoms with Crippen LogP contribution in [-0.4, -0.2) is 0 Å². The first-order valence-electron chi connectivity index (χ1n) is 5.39. The fourth-order valence-corrected chi connectivity index (χ4v) is 1.54. The zero-order valence-electron chi connectivity index (χ0n) is 9.63. The summed E-state index contributed by atoms with van der Waals surface area (Å²) in [5.41, 5.74) is 5.84. The van der Waals surface area contributed by atoms with Crippen LogP contribution in [0.15, 0.2) is 18.2 Å². The summed E-state index contributed by atoms with van der Waals surface area (Å²) in [6.45, 7) is 2.03. The Kier molecular flexibility index (Phi) is 7.23. The molecule has 1 aromatic rings. The summed E-state index contributed by atoms with van der Waals surface area (Å²) < 4.78 is 37.8. The molecule has 1 nitrogen and oxygen atoms in total. The second kappa shape index (κ2) is 7.56. The third-order valence-electron chi connectivity index (χ3n) is 2.56. The van der Waals surface area contributed by atoms with Gasteiger partial charge in [-0.25, -0.2) is 13.2 Å². The summed E-state index contributed by atoms with van der Waals surface area (Å²) in [7, 11) is 0. The van der Waals surface area contributed by atoms with Crippen LogP contribution in [0.5, 0.6) is 0 Å². The lowest BCUT2D eigenvalue weighted by molar-refractivity contribution is 0.146. The van der Waals surface area contributed by atoms with Crippen molar-refractivity contribution in [2.75, 3.05) is 0 Å². The van der Waals surface area contributed by atoms with Crippen molar-refractivity contribution in [3.63, 3.8) is 0 Å². The van der Waals surface area contributed by atoms with Gasteiger partial charge in [0.1, 0.15) is 5.82 Å². The molecule has 1 atom stereocenters. The van der Waals surface area contributed by atoms with E-state index in [0.717, 1.165) is 31.4 Å². The predicted octanol–water partition coefficient (Wildman–Crippen LogP) is 4.38. The third kappa shape index (κ3) is 4.56. The highest BCUT2D eigenvalue weighted by Gasteiger charge is 2.15. The van der Waals surface area contributed by atoms with Gasteiger partial charge >= 0.3 is 0 Å². The van der Waals surface area contributed by atoms with E-state index in [9.17, 15) is 13.2 Å². The highest BCUT2D eigenvalue weighted by molar-refractivity contribution is 5.85. The molecule has 2 N–H and O–H groups in total. The number of halogens is 4. The smallest absolute Gasteiger partial charge is 0.266 e. The molecule has 0 aliphatic carbocycles. The second-order valence-electron chi connectivity index (χ2n) is 3.83. The van der Waals surface area contributed by atoms with E-state index in [-0.39, 0.29) is 18.4 Å². The van der Waals surface area contributed by atoms with E-state index in [1.807, 2.05) is 6.92 Å². The summed E-state index contributed by atoms with van der Waals surface area (Å²) in [5.74, 6) is -0.876. The number of hydrogen-bond donors (Lipinski definition) is 1. The predicted molar refractivity (Wildman–Crippen MR) is 65.1 cm³/mol. The molecule has 0 saturated carbocycles. The van der Waals surface area contributed by atoms with Crippen LogP contribution in [0.2, 0.25) is 0 Å². The molecule has 0 spiro atoms. The number of nitrogens with two attached hydrogens (primary N) is 1. The van der Waals surface area contributed by atoms with Crippen LogP contribution < -0.4 is 5.73 Å². The average Bonchev–Trinajstić information content (AvgIpc) is 2.25. The minimum absolute atomic E-state index is 0. The molecule has 0 aliphatic heterocycles. The summed E-state index contributed by atoms with van der Waals surface area (Å²) in [6, 6.07) is 3.43. The first-order chi connectivity index (χ1) is 7.56. The van der Waals surface area contributed by atoms with Crippen molar-refractivity contribution in [3.8, 4) is 0 Å². The van der Waals surface area contributed by atoms with E-state index < -0.39 is 17.8 Å². The van der Waals surface area contributed by atoms with Crippen LogP contribution in [0.3, 0.4) is 0 Å². The van der Waals surface area contributed by atoms with E-state index >= 15 is 0 Å². The monoisotopic (exact) mass is 267 g/mol. The summed E-state index contributed by atoms with van der Waals surface area (Å²) >= 11 is 0. The molecule has 0 amide bonds. The Labute approximate surface area is 106 Å². The second-order valence-corrected chi connectivity index (χ2v) is 3.83. The van der Waals surface area contributed by atoms with E-state index in [0.29, 0.717) is 5.56 Å². The molecule has 98 valence electrons. The van der Waals surface area contributed by atoms with E-state index in [2.05, 4.69) is 0 Å². The molecular formula is C12H17ClF3N. The molecule has 0 heterocycles. The molecule has 0 fully saturated rings. The van der Waals surface area contributed by atoms with Crippen LogP contribution in [0.4, 0.5) is 13.2 Å². The lowest BCUT2D eigenvalue weighted by Crippen LogP contribution is -2.10. The molecule has 17 heavy (non-hydrogen) atoms. The topological polar surface area (TPSA) is 26.0 Å². The lowest BCUT2D eigenvalue weighted by Gasteiger charge is -2.12. The SMILES string of the molecule is CCCC[C@H](N)c1ccc(C(F)F)c(F)c1.Cl. The summed E-state index contributed by atoms with van der Waals surface area (Å²) in [6.07, 6.45) is -0.0878. The van der Waals surface area contributed by atoms with Gasteiger partial charge in [-0.3, -0.25) is 0 Å². The standard InChI is InChI=1S/C12H16F3N.ClH/c1-2-3-4-11(16)8-5-6-9(12(14)15)10(13)7-8;/h5-7,11-12H,2-4,16H2,1H3;1H/t11-;/m0./s1. The van der Waals surface area contributed by atoms with Gasteiger partial charge in [-0.15, -0.1) is 12.4 Å². The Morgan fingerprint density at radius 1 is 1.29 bits per heavy atom. The molecule has 0 aliphatic rings. The third-order valence-corrected chi connectivity index (χ3v) is 2.56. The van der Waals surface area contributed by atoms with Crippen LogP contribution in [0.1, 0.15) is 49.8 Å². The van der Waals surface area contributed by atoms with Crippen molar-refractivity contribution in [1.29, 1.82) is 0 Å². The highest BCUT2D eigenvalue weighted by Crippen LogP contribution is 2.25. The van der Waals surface area contributed by atoms with Gasteiger partial charge in [-0.1, -0.05) is 31.9 Å².